The number of aromatic nitrogens is 1. The first kappa shape index (κ1) is 25.5. The zero-order valence-corrected chi connectivity index (χ0v) is 22.2. The van der Waals surface area contributed by atoms with Gasteiger partial charge >= 0.3 is 5.91 Å². The molecule has 1 atom stereocenters. The van der Waals surface area contributed by atoms with Gasteiger partial charge in [-0.05, 0) is 48.4 Å². The molecule has 0 bridgehead atoms. The van der Waals surface area contributed by atoms with Crippen molar-refractivity contribution < 1.29 is 23.8 Å². The second-order valence-corrected chi connectivity index (χ2v) is 10.5. The first-order valence-corrected chi connectivity index (χ1v) is 13.4. The number of ketones is 1. The number of carbonyl (C=O) groups excluding carboxylic acids is 2. The molecule has 1 aliphatic heterocycles. The molecule has 2 heterocycles. The minimum atomic E-state index is -0.949. The standard InChI is InChI=1S/C32H23FN2O4S/c1-19-7-9-22(10-8-19)29(36)27-28(21-11-14-24(15-12-21)39-18-20-5-3-2-4-6-20)35(31(38)30(27)37)32-34-25-16-13-23(33)17-26(25)40-32/h2-17,28,36H,18H2,1H3. The van der Waals surface area contributed by atoms with Gasteiger partial charge in [-0.2, -0.15) is 0 Å². The maximum Gasteiger partial charge on any atom is 0.301 e. The number of nitrogens with zero attached hydrogens (tertiary/aromatic N) is 2. The van der Waals surface area contributed by atoms with Crippen LogP contribution in [0.5, 0.6) is 5.75 Å². The predicted octanol–water partition coefficient (Wildman–Crippen LogP) is 6.95. The molecule has 0 spiro atoms. The van der Waals surface area contributed by atoms with E-state index >= 15 is 0 Å². The Labute approximate surface area is 233 Å². The number of fused-ring (bicyclic) bond motifs is 1. The van der Waals surface area contributed by atoms with Crippen molar-refractivity contribution in [3.05, 3.63) is 131 Å². The highest BCUT2D eigenvalue weighted by molar-refractivity contribution is 7.22. The number of halogens is 1. The van der Waals surface area contributed by atoms with Gasteiger partial charge in [-0.3, -0.25) is 14.5 Å². The highest BCUT2D eigenvalue weighted by Gasteiger charge is 2.48. The molecule has 1 aliphatic rings. The third kappa shape index (κ3) is 4.74. The molecule has 1 saturated heterocycles. The average molecular weight is 551 g/mol. The number of aryl methyl sites for hydroxylation is 1. The first-order valence-electron chi connectivity index (χ1n) is 12.6. The number of ether oxygens (including phenoxy) is 1. The number of Topliss-reactive ketones (excluding diaryl/α,β-unsaturated/α-hetero) is 1. The van der Waals surface area contributed by atoms with Crippen LogP contribution in [0.3, 0.4) is 0 Å². The lowest BCUT2D eigenvalue weighted by molar-refractivity contribution is -0.132. The number of benzene rings is 4. The molecule has 4 aromatic carbocycles. The highest BCUT2D eigenvalue weighted by Crippen LogP contribution is 2.44. The summed E-state index contributed by atoms with van der Waals surface area (Å²) in [6.07, 6.45) is 0. The molecule has 0 radical (unpaired) electrons. The van der Waals surface area contributed by atoms with Crippen molar-refractivity contribution in [3.8, 4) is 5.75 Å². The minimum absolute atomic E-state index is 0.0442. The van der Waals surface area contributed by atoms with Crippen LogP contribution >= 0.6 is 11.3 Å². The van der Waals surface area contributed by atoms with Gasteiger partial charge in [0.1, 0.15) is 23.9 Å². The third-order valence-electron chi connectivity index (χ3n) is 6.76. The summed E-state index contributed by atoms with van der Waals surface area (Å²) in [5, 5.41) is 11.6. The SMILES string of the molecule is Cc1ccc(C(O)=C2C(=O)C(=O)N(c3nc4ccc(F)cc4s3)C2c2ccc(OCc3ccccc3)cc2)cc1. The molecule has 1 aromatic heterocycles. The molecule has 6 nitrogen and oxygen atoms in total. The van der Waals surface area contributed by atoms with E-state index in [0.29, 0.717) is 33.7 Å². The second-order valence-electron chi connectivity index (χ2n) is 9.49. The van der Waals surface area contributed by atoms with E-state index in [1.54, 1.807) is 36.4 Å². The van der Waals surface area contributed by atoms with Crippen molar-refractivity contribution in [1.82, 2.24) is 4.98 Å². The molecule has 1 fully saturated rings. The Kier molecular flexibility index (Phi) is 6.61. The van der Waals surface area contributed by atoms with Crippen LogP contribution in [0.15, 0.2) is 103 Å². The van der Waals surface area contributed by atoms with E-state index in [1.807, 2.05) is 49.4 Å². The monoisotopic (exact) mass is 550 g/mol. The summed E-state index contributed by atoms with van der Waals surface area (Å²) >= 11 is 1.11. The van der Waals surface area contributed by atoms with E-state index in [2.05, 4.69) is 4.98 Å². The summed E-state index contributed by atoms with van der Waals surface area (Å²) in [6.45, 7) is 2.30. The number of hydrogen-bond donors (Lipinski definition) is 1. The predicted molar refractivity (Wildman–Crippen MR) is 153 cm³/mol. The number of thiazole rings is 1. The van der Waals surface area contributed by atoms with Crippen molar-refractivity contribution in [1.29, 1.82) is 0 Å². The van der Waals surface area contributed by atoms with Crippen molar-refractivity contribution >= 4 is 44.1 Å². The molecule has 40 heavy (non-hydrogen) atoms. The Morgan fingerprint density at radius 1 is 0.975 bits per heavy atom. The van der Waals surface area contributed by atoms with Crippen molar-refractivity contribution in [3.63, 3.8) is 0 Å². The molecule has 0 saturated carbocycles. The zero-order chi connectivity index (χ0) is 27.8. The molecule has 6 rings (SSSR count). The van der Waals surface area contributed by atoms with Crippen LogP contribution in [0.4, 0.5) is 9.52 Å². The van der Waals surface area contributed by atoms with Gasteiger partial charge in [-0.15, -0.1) is 0 Å². The van der Waals surface area contributed by atoms with E-state index in [4.69, 9.17) is 4.74 Å². The number of anilines is 1. The minimum Gasteiger partial charge on any atom is -0.507 e. The van der Waals surface area contributed by atoms with Crippen LogP contribution in [0.2, 0.25) is 0 Å². The first-order chi connectivity index (χ1) is 19.4. The quantitative estimate of drug-likeness (QED) is 0.141. The van der Waals surface area contributed by atoms with Crippen LogP contribution in [0.1, 0.15) is 28.3 Å². The Morgan fingerprint density at radius 3 is 2.42 bits per heavy atom. The second kappa shape index (κ2) is 10.4. The van der Waals surface area contributed by atoms with Crippen molar-refractivity contribution in [2.45, 2.75) is 19.6 Å². The van der Waals surface area contributed by atoms with Gasteiger partial charge in [0.15, 0.2) is 5.13 Å². The summed E-state index contributed by atoms with van der Waals surface area (Å²) in [7, 11) is 0. The normalized spacial score (nSPS) is 16.6. The van der Waals surface area contributed by atoms with Gasteiger partial charge in [0.25, 0.3) is 5.78 Å². The van der Waals surface area contributed by atoms with Gasteiger partial charge in [0, 0.05) is 5.56 Å². The number of rotatable bonds is 6. The summed E-state index contributed by atoms with van der Waals surface area (Å²) < 4.78 is 20.3. The van der Waals surface area contributed by atoms with Crippen LogP contribution in [-0.2, 0) is 16.2 Å². The Morgan fingerprint density at radius 2 is 1.70 bits per heavy atom. The number of hydrogen-bond acceptors (Lipinski definition) is 6. The van der Waals surface area contributed by atoms with E-state index in [-0.39, 0.29) is 16.5 Å². The summed E-state index contributed by atoms with van der Waals surface area (Å²) in [6, 6.07) is 27.1. The number of aliphatic hydroxyl groups excluding tert-OH is 1. The fourth-order valence-electron chi connectivity index (χ4n) is 4.69. The molecule has 8 heteroatoms. The van der Waals surface area contributed by atoms with E-state index < -0.39 is 23.5 Å². The van der Waals surface area contributed by atoms with Gasteiger partial charge in [0.2, 0.25) is 0 Å². The fourth-order valence-corrected chi connectivity index (χ4v) is 5.71. The third-order valence-corrected chi connectivity index (χ3v) is 7.78. The molecule has 198 valence electrons. The maximum absolute atomic E-state index is 13.9. The molecule has 0 aliphatic carbocycles. The molecule has 1 unspecified atom stereocenters. The van der Waals surface area contributed by atoms with Crippen molar-refractivity contribution in [2.75, 3.05) is 4.90 Å². The summed E-state index contributed by atoms with van der Waals surface area (Å²) in [5.41, 5.74) is 3.47. The lowest BCUT2D eigenvalue weighted by Crippen LogP contribution is -2.29. The highest BCUT2D eigenvalue weighted by atomic mass is 32.1. The Bertz CT molecular complexity index is 1760. The largest absolute Gasteiger partial charge is 0.507 e. The lowest BCUT2D eigenvalue weighted by Gasteiger charge is -2.23. The maximum atomic E-state index is 13.9. The van der Waals surface area contributed by atoms with Crippen LogP contribution in [0, 0.1) is 12.7 Å². The fraction of sp³-hybridized carbons (Fsp3) is 0.0938. The van der Waals surface area contributed by atoms with Gasteiger partial charge in [0.05, 0.1) is 21.8 Å². The van der Waals surface area contributed by atoms with Crippen LogP contribution in [0.25, 0.3) is 16.0 Å². The van der Waals surface area contributed by atoms with Crippen LogP contribution < -0.4 is 9.64 Å². The lowest BCUT2D eigenvalue weighted by atomic mass is 9.95. The molecule has 1 amide bonds. The van der Waals surface area contributed by atoms with Gasteiger partial charge in [-0.1, -0.05) is 83.6 Å². The topological polar surface area (TPSA) is 79.7 Å². The molecule has 5 aromatic rings. The van der Waals surface area contributed by atoms with E-state index in [1.165, 1.54) is 23.1 Å². The Hall–Kier alpha value is -4.82. The molecule has 1 N–H and O–H groups in total. The van der Waals surface area contributed by atoms with E-state index in [0.717, 1.165) is 22.5 Å². The molecular weight excluding hydrogens is 527 g/mol. The van der Waals surface area contributed by atoms with Gasteiger partial charge in [-0.25, -0.2) is 9.37 Å². The number of amides is 1. The summed E-state index contributed by atoms with van der Waals surface area (Å²) in [4.78, 5) is 32.7. The Balaban J connectivity index is 1.43. The van der Waals surface area contributed by atoms with E-state index in [9.17, 15) is 19.1 Å². The molecular formula is C32H23FN2O4S. The van der Waals surface area contributed by atoms with Gasteiger partial charge < -0.3 is 9.84 Å². The number of carbonyl (C=O) groups is 2. The average Bonchev–Trinajstić information content (AvgIpc) is 3.50. The zero-order valence-electron chi connectivity index (χ0n) is 21.4. The summed E-state index contributed by atoms with van der Waals surface area (Å²) in [5.74, 6) is -1.73. The smallest absolute Gasteiger partial charge is 0.301 e. The number of aliphatic hydroxyl groups is 1. The van der Waals surface area contributed by atoms with Crippen LogP contribution in [-0.4, -0.2) is 21.8 Å². The van der Waals surface area contributed by atoms with Crippen molar-refractivity contribution in [2.24, 2.45) is 0 Å².